The van der Waals surface area contributed by atoms with Gasteiger partial charge in [-0.05, 0) is 99.9 Å². The lowest BCUT2D eigenvalue weighted by Gasteiger charge is -2.33. The third-order valence-corrected chi connectivity index (χ3v) is 7.85. The van der Waals surface area contributed by atoms with Crippen molar-refractivity contribution in [2.24, 2.45) is 0 Å². The van der Waals surface area contributed by atoms with Crippen molar-refractivity contribution in [1.82, 2.24) is 9.55 Å². The van der Waals surface area contributed by atoms with Gasteiger partial charge in [-0.3, -0.25) is 0 Å². The summed E-state index contributed by atoms with van der Waals surface area (Å²) < 4.78 is 25.7. The Morgan fingerprint density at radius 3 is 2.46 bits per heavy atom. The smallest absolute Gasteiger partial charge is 0.214 e. The number of hydrogen-bond acceptors (Lipinski definition) is 5. The number of ether oxygens (including phenoxy) is 4. The fourth-order valence-corrected chi connectivity index (χ4v) is 5.43. The molecule has 2 aliphatic rings. The molecule has 1 unspecified atom stereocenters. The summed E-state index contributed by atoms with van der Waals surface area (Å²) >= 11 is 0. The van der Waals surface area contributed by atoms with Crippen LogP contribution in [-0.2, 0) is 19.6 Å². The summed E-state index contributed by atoms with van der Waals surface area (Å²) in [6.07, 6.45) is 5.01. The molecule has 5 rings (SSSR count). The predicted octanol–water partition coefficient (Wildman–Crippen LogP) is 6.45. The molecule has 6 heteroatoms. The molecule has 0 bridgehead atoms. The van der Waals surface area contributed by atoms with Crippen LogP contribution in [0.4, 0.5) is 0 Å². The minimum atomic E-state index is -0.112. The maximum absolute atomic E-state index is 6.19. The first-order chi connectivity index (χ1) is 17.9. The van der Waals surface area contributed by atoms with Gasteiger partial charge in [0, 0.05) is 48.4 Å². The van der Waals surface area contributed by atoms with Crippen LogP contribution in [0.25, 0.3) is 16.8 Å². The predicted molar refractivity (Wildman–Crippen MR) is 146 cm³/mol. The molecular weight excluding hydrogens is 464 g/mol. The zero-order valence-electron chi connectivity index (χ0n) is 22.7. The van der Waals surface area contributed by atoms with E-state index in [0.717, 1.165) is 63.2 Å². The fourth-order valence-electron chi connectivity index (χ4n) is 5.43. The molecule has 0 radical (unpaired) electrons. The van der Waals surface area contributed by atoms with Crippen LogP contribution in [0.5, 0.6) is 5.88 Å². The lowest BCUT2D eigenvalue weighted by Crippen LogP contribution is -2.31. The van der Waals surface area contributed by atoms with E-state index in [4.69, 9.17) is 23.9 Å². The Bertz CT molecular complexity index is 1190. The molecule has 4 heterocycles. The van der Waals surface area contributed by atoms with E-state index >= 15 is 0 Å². The van der Waals surface area contributed by atoms with Crippen molar-refractivity contribution in [1.29, 1.82) is 0 Å². The highest BCUT2D eigenvalue weighted by Crippen LogP contribution is 2.38. The molecule has 2 aromatic heterocycles. The lowest BCUT2D eigenvalue weighted by atomic mass is 9.78. The molecule has 0 saturated carbocycles. The largest absolute Gasteiger partial charge is 0.475 e. The number of aryl methyl sites for hydroxylation is 3. The summed E-state index contributed by atoms with van der Waals surface area (Å²) in [6.45, 7) is 12.0. The van der Waals surface area contributed by atoms with Crippen molar-refractivity contribution in [3.63, 3.8) is 0 Å². The topological polar surface area (TPSA) is 54.7 Å². The van der Waals surface area contributed by atoms with E-state index in [1.165, 1.54) is 28.2 Å². The van der Waals surface area contributed by atoms with Gasteiger partial charge in [0.05, 0.1) is 12.3 Å². The maximum atomic E-state index is 6.19. The Kier molecular flexibility index (Phi) is 7.98. The van der Waals surface area contributed by atoms with Crippen LogP contribution < -0.4 is 4.74 Å². The molecular formula is C31H40N2O4. The van der Waals surface area contributed by atoms with Gasteiger partial charge >= 0.3 is 0 Å². The van der Waals surface area contributed by atoms with E-state index in [0.29, 0.717) is 19.1 Å². The van der Waals surface area contributed by atoms with Gasteiger partial charge in [-0.2, -0.15) is 0 Å². The summed E-state index contributed by atoms with van der Waals surface area (Å²) in [4.78, 5) is 5.00. The molecule has 2 fully saturated rings. The second-order valence-electron chi connectivity index (χ2n) is 10.7. The van der Waals surface area contributed by atoms with Crippen molar-refractivity contribution in [2.45, 2.75) is 71.5 Å². The monoisotopic (exact) mass is 504 g/mol. The zero-order chi connectivity index (χ0) is 25.8. The van der Waals surface area contributed by atoms with E-state index in [9.17, 15) is 0 Å². The van der Waals surface area contributed by atoms with Crippen LogP contribution in [0.3, 0.4) is 0 Å². The van der Waals surface area contributed by atoms with Crippen molar-refractivity contribution >= 4 is 0 Å². The highest BCUT2D eigenvalue weighted by atomic mass is 16.7. The zero-order valence-corrected chi connectivity index (χ0v) is 22.7. The second kappa shape index (κ2) is 11.4. The number of benzene rings is 1. The van der Waals surface area contributed by atoms with E-state index < -0.39 is 0 Å². The number of aromatic nitrogens is 2. The van der Waals surface area contributed by atoms with Gasteiger partial charge in [0.25, 0.3) is 0 Å². The van der Waals surface area contributed by atoms with E-state index in [2.05, 4.69) is 74.7 Å². The van der Waals surface area contributed by atoms with Crippen LogP contribution in [0.1, 0.15) is 61.7 Å². The van der Waals surface area contributed by atoms with E-state index in [1.54, 1.807) is 0 Å². The molecule has 37 heavy (non-hydrogen) atoms. The summed E-state index contributed by atoms with van der Waals surface area (Å²) in [6, 6.07) is 15.3. The highest BCUT2D eigenvalue weighted by Gasteiger charge is 2.32. The molecule has 1 aromatic carbocycles. The molecule has 1 atom stereocenters. The van der Waals surface area contributed by atoms with Crippen LogP contribution in [-0.4, -0.2) is 48.9 Å². The SMILES string of the molecule is Cc1ccc(-n2c(C)ccc2C)cc1-c1cc(OCCOC2CCCCO2)nc(C2(C)CCOCC2)c1. The average Bonchev–Trinajstić information content (AvgIpc) is 3.25. The normalized spacial score (nSPS) is 19.6. The number of nitrogens with zero attached hydrogens (tertiary/aromatic N) is 2. The van der Waals surface area contributed by atoms with Crippen LogP contribution in [0.2, 0.25) is 0 Å². The van der Waals surface area contributed by atoms with Gasteiger partial charge in [-0.1, -0.05) is 13.0 Å². The Morgan fingerprint density at radius 1 is 0.946 bits per heavy atom. The van der Waals surface area contributed by atoms with Gasteiger partial charge in [0.1, 0.15) is 6.61 Å². The van der Waals surface area contributed by atoms with E-state index in [-0.39, 0.29) is 11.7 Å². The Hall–Kier alpha value is -2.67. The summed E-state index contributed by atoms with van der Waals surface area (Å²) in [5, 5.41) is 0. The van der Waals surface area contributed by atoms with Crippen molar-refractivity contribution < 1.29 is 18.9 Å². The van der Waals surface area contributed by atoms with Gasteiger partial charge in [0.15, 0.2) is 6.29 Å². The lowest BCUT2D eigenvalue weighted by molar-refractivity contribution is -0.165. The molecule has 0 aliphatic carbocycles. The molecule has 6 nitrogen and oxygen atoms in total. The molecule has 0 spiro atoms. The Labute approximate surface area is 220 Å². The van der Waals surface area contributed by atoms with E-state index in [1.807, 2.05) is 0 Å². The summed E-state index contributed by atoms with van der Waals surface area (Å²) in [5.74, 6) is 0.645. The molecule has 3 aromatic rings. The minimum absolute atomic E-state index is 0.0437. The van der Waals surface area contributed by atoms with Gasteiger partial charge in [0.2, 0.25) is 5.88 Å². The van der Waals surface area contributed by atoms with Crippen LogP contribution in [0, 0.1) is 20.8 Å². The van der Waals surface area contributed by atoms with Crippen molar-refractivity contribution in [3.8, 4) is 22.7 Å². The Morgan fingerprint density at radius 2 is 1.73 bits per heavy atom. The van der Waals surface area contributed by atoms with Gasteiger partial charge in [-0.15, -0.1) is 0 Å². The molecule has 0 amide bonds. The Balaban J connectivity index is 1.45. The van der Waals surface area contributed by atoms with Crippen molar-refractivity contribution in [3.05, 3.63) is 65.1 Å². The molecule has 0 N–H and O–H groups in total. The first-order valence-corrected chi connectivity index (χ1v) is 13.7. The average molecular weight is 505 g/mol. The third-order valence-electron chi connectivity index (χ3n) is 7.85. The van der Waals surface area contributed by atoms with Crippen molar-refractivity contribution in [2.75, 3.05) is 33.0 Å². The maximum Gasteiger partial charge on any atom is 0.214 e. The first kappa shape index (κ1) is 26.0. The standard InChI is InChI=1S/C31H40N2O4/c1-22-8-11-26(33-23(2)9-10-24(33)3)21-27(22)25-19-28(31(4)12-15-34-16-13-31)32-29(20-25)35-17-18-37-30-7-5-6-14-36-30/h8-11,19-21,30H,5-7,12-18H2,1-4H3. The number of rotatable bonds is 8. The first-order valence-electron chi connectivity index (χ1n) is 13.7. The summed E-state index contributed by atoms with van der Waals surface area (Å²) in [5.41, 5.74) is 8.19. The minimum Gasteiger partial charge on any atom is -0.475 e. The quantitative estimate of drug-likeness (QED) is 0.330. The molecule has 2 aliphatic heterocycles. The number of hydrogen-bond donors (Lipinski definition) is 0. The fraction of sp³-hybridized carbons (Fsp3) is 0.516. The van der Waals surface area contributed by atoms with Crippen LogP contribution >= 0.6 is 0 Å². The summed E-state index contributed by atoms with van der Waals surface area (Å²) in [7, 11) is 0. The highest BCUT2D eigenvalue weighted by molar-refractivity contribution is 5.71. The number of pyridine rings is 1. The molecule has 198 valence electrons. The molecule has 2 saturated heterocycles. The van der Waals surface area contributed by atoms with Crippen LogP contribution in [0.15, 0.2) is 42.5 Å². The van der Waals surface area contributed by atoms with Gasteiger partial charge in [-0.25, -0.2) is 4.98 Å². The van der Waals surface area contributed by atoms with Gasteiger partial charge < -0.3 is 23.5 Å². The third kappa shape index (κ3) is 5.92. The second-order valence-corrected chi connectivity index (χ2v) is 10.7.